The van der Waals surface area contributed by atoms with E-state index in [1.807, 2.05) is 27.7 Å². The predicted octanol–water partition coefficient (Wildman–Crippen LogP) is 2.76. The third-order valence-corrected chi connectivity index (χ3v) is 2.71. The minimum absolute atomic E-state index is 0.479. The van der Waals surface area contributed by atoms with Crippen molar-refractivity contribution in [3.63, 3.8) is 0 Å². The summed E-state index contributed by atoms with van der Waals surface area (Å²) in [4.78, 5) is 14.6. The first kappa shape index (κ1) is 12.5. The lowest BCUT2D eigenvalue weighted by molar-refractivity contribution is 0.415. The number of nitrogens with zero attached hydrogens (tertiary/aromatic N) is 4. The van der Waals surface area contributed by atoms with Crippen LogP contribution >= 0.6 is 0 Å². The Balaban J connectivity index is 2.21. The summed E-state index contributed by atoms with van der Waals surface area (Å²) in [7, 11) is 0. The van der Waals surface area contributed by atoms with Crippen LogP contribution in [0.15, 0.2) is 35.0 Å². The van der Waals surface area contributed by atoms with Gasteiger partial charge in [0.15, 0.2) is 0 Å². The quantitative estimate of drug-likeness (QED) is 0.813. The molecule has 0 aliphatic heterocycles. The normalized spacial score (nSPS) is 13.3. The van der Waals surface area contributed by atoms with E-state index in [0.29, 0.717) is 0 Å². The smallest absolute Gasteiger partial charge is 0.135 e. The molecular formula is C12H18N6. The van der Waals surface area contributed by atoms with Gasteiger partial charge in [0.25, 0.3) is 0 Å². The molecule has 2 aromatic heterocycles. The molecule has 18 heavy (non-hydrogen) atoms. The molecule has 0 atom stereocenters. The second kappa shape index (κ2) is 4.36. The minimum atomic E-state index is -0.479. The molecule has 0 aromatic carbocycles. The summed E-state index contributed by atoms with van der Waals surface area (Å²) in [5.74, 6) is 1.59. The summed E-state index contributed by atoms with van der Waals surface area (Å²) in [6, 6.07) is 0. The van der Waals surface area contributed by atoms with E-state index in [1.165, 1.54) is 0 Å². The Hall–Kier alpha value is -1.98. The Kier molecular flexibility index (Phi) is 3.02. The van der Waals surface area contributed by atoms with E-state index in [9.17, 15) is 0 Å². The van der Waals surface area contributed by atoms with E-state index in [1.54, 1.807) is 24.8 Å². The van der Waals surface area contributed by atoms with Gasteiger partial charge in [0, 0.05) is 24.8 Å². The first-order valence-corrected chi connectivity index (χ1v) is 5.85. The van der Waals surface area contributed by atoms with Gasteiger partial charge in [0.05, 0.1) is 0 Å². The van der Waals surface area contributed by atoms with Crippen molar-refractivity contribution in [2.45, 2.75) is 38.8 Å². The minimum Gasteiger partial charge on any atom is -0.347 e. The van der Waals surface area contributed by atoms with E-state index in [0.717, 1.165) is 11.6 Å². The highest BCUT2D eigenvalue weighted by Gasteiger charge is 2.27. The fraction of sp³-hybridized carbons (Fsp3) is 0.500. The van der Waals surface area contributed by atoms with E-state index < -0.39 is 11.1 Å². The van der Waals surface area contributed by atoms with Crippen molar-refractivity contribution in [3.8, 4) is 0 Å². The summed E-state index contributed by atoms with van der Waals surface area (Å²) >= 11 is 0. The van der Waals surface area contributed by atoms with Gasteiger partial charge in [-0.05, 0) is 27.7 Å². The number of nitrogens with one attached hydrogen (secondary N) is 2. The van der Waals surface area contributed by atoms with Gasteiger partial charge in [-0.1, -0.05) is 0 Å². The molecule has 0 aliphatic rings. The molecule has 0 aliphatic carbocycles. The van der Waals surface area contributed by atoms with Crippen molar-refractivity contribution in [1.82, 2.24) is 19.9 Å². The number of hydrogen-bond donors (Lipinski definition) is 2. The second-order valence-electron chi connectivity index (χ2n) is 5.19. The Morgan fingerprint density at radius 2 is 1.22 bits per heavy atom. The highest BCUT2D eigenvalue weighted by Crippen LogP contribution is 2.27. The first-order chi connectivity index (χ1) is 8.42. The fourth-order valence-electron chi connectivity index (χ4n) is 1.54. The van der Waals surface area contributed by atoms with Crippen molar-refractivity contribution < 1.29 is 0 Å². The van der Waals surface area contributed by atoms with Crippen LogP contribution in [0.4, 0.5) is 0 Å². The molecule has 2 heterocycles. The fourth-order valence-corrected chi connectivity index (χ4v) is 1.54. The van der Waals surface area contributed by atoms with Crippen LogP contribution in [-0.4, -0.2) is 19.9 Å². The monoisotopic (exact) mass is 246 g/mol. The zero-order valence-electron chi connectivity index (χ0n) is 11.1. The van der Waals surface area contributed by atoms with Gasteiger partial charge in [-0.15, -0.1) is 0 Å². The van der Waals surface area contributed by atoms with Crippen molar-refractivity contribution in [1.29, 1.82) is 0 Å². The van der Waals surface area contributed by atoms with Gasteiger partial charge < -0.3 is 9.97 Å². The number of aromatic amines is 2. The topological polar surface area (TPSA) is 82.1 Å². The summed E-state index contributed by atoms with van der Waals surface area (Å²) < 4.78 is 0. The van der Waals surface area contributed by atoms with E-state index >= 15 is 0 Å². The largest absolute Gasteiger partial charge is 0.347 e. The molecule has 0 fully saturated rings. The Bertz CT molecular complexity index is 459. The van der Waals surface area contributed by atoms with Gasteiger partial charge in [-0.25, -0.2) is 9.97 Å². The molecular weight excluding hydrogens is 228 g/mol. The number of aromatic nitrogens is 4. The molecule has 2 N–H and O–H groups in total. The average Bonchev–Trinajstić information content (AvgIpc) is 2.99. The molecule has 96 valence electrons. The van der Waals surface area contributed by atoms with Gasteiger partial charge in [0.2, 0.25) is 0 Å². The summed E-state index contributed by atoms with van der Waals surface area (Å²) in [6.45, 7) is 7.86. The van der Waals surface area contributed by atoms with Crippen LogP contribution in [0.5, 0.6) is 0 Å². The number of hydrogen-bond acceptors (Lipinski definition) is 4. The summed E-state index contributed by atoms with van der Waals surface area (Å²) in [6.07, 6.45) is 6.99. The highest BCUT2D eigenvalue weighted by atomic mass is 15.2. The maximum Gasteiger partial charge on any atom is 0.135 e. The van der Waals surface area contributed by atoms with Gasteiger partial charge in [-0.2, -0.15) is 10.2 Å². The molecule has 6 heteroatoms. The van der Waals surface area contributed by atoms with Crippen LogP contribution in [-0.2, 0) is 11.1 Å². The summed E-state index contributed by atoms with van der Waals surface area (Å²) in [5, 5.41) is 8.79. The molecule has 0 radical (unpaired) electrons. The second-order valence-corrected chi connectivity index (χ2v) is 5.19. The maximum atomic E-state index is 4.40. The van der Waals surface area contributed by atoms with E-state index in [2.05, 4.69) is 30.2 Å². The van der Waals surface area contributed by atoms with Crippen LogP contribution in [0.3, 0.4) is 0 Å². The third-order valence-electron chi connectivity index (χ3n) is 2.71. The lowest BCUT2D eigenvalue weighted by Gasteiger charge is -2.20. The molecule has 0 amide bonds. The third kappa shape index (κ3) is 2.47. The lowest BCUT2D eigenvalue weighted by atomic mass is 10.1. The van der Waals surface area contributed by atoms with Crippen molar-refractivity contribution in [3.05, 3.63) is 36.4 Å². The molecule has 2 rings (SSSR count). The molecule has 2 aromatic rings. The maximum absolute atomic E-state index is 4.40. The van der Waals surface area contributed by atoms with Crippen LogP contribution in [0.1, 0.15) is 39.3 Å². The Morgan fingerprint density at radius 1 is 0.833 bits per heavy atom. The summed E-state index contributed by atoms with van der Waals surface area (Å²) in [5.41, 5.74) is -0.958. The zero-order chi connectivity index (χ0) is 13.2. The van der Waals surface area contributed by atoms with Gasteiger partial charge in [0.1, 0.15) is 22.7 Å². The Morgan fingerprint density at radius 3 is 1.50 bits per heavy atom. The molecule has 0 spiro atoms. The van der Waals surface area contributed by atoms with Gasteiger partial charge in [-0.3, -0.25) is 0 Å². The van der Waals surface area contributed by atoms with Crippen LogP contribution in [0.25, 0.3) is 0 Å². The number of imidazole rings is 2. The van der Waals surface area contributed by atoms with E-state index in [-0.39, 0.29) is 0 Å². The number of rotatable bonds is 4. The van der Waals surface area contributed by atoms with Crippen molar-refractivity contribution >= 4 is 0 Å². The van der Waals surface area contributed by atoms with Crippen LogP contribution in [0.2, 0.25) is 0 Å². The molecule has 6 nitrogen and oxygen atoms in total. The average molecular weight is 246 g/mol. The lowest BCUT2D eigenvalue weighted by Crippen LogP contribution is -2.20. The number of H-pyrrole nitrogens is 2. The Labute approximate surface area is 106 Å². The molecule has 0 saturated heterocycles. The van der Waals surface area contributed by atoms with Gasteiger partial charge >= 0.3 is 0 Å². The zero-order valence-corrected chi connectivity index (χ0v) is 11.1. The van der Waals surface area contributed by atoms with E-state index in [4.69, 9.17) is 0 Å². The van der Waals surface area contributed by atoms with Crippen LogP contribution in [0, 0.1) is 0 Å². The number of azo groups is 1. The predicted molar refractivity (Wildman–Crippen MR) is 68.1 cm³/mol. The molecule has 0 bridgehead atoms. The molecule has 0 unspecified atom stereocenters. The van der Waals surface area contributed by atoms with Crippen LogP contribution < -0.4 is 0 Å². The SMILES string of the molecule is CC(C)(N=NC(C)(C)c1ncc[nH]1)c1ncc[nH]1. The van der Waals surface area contributed by atoms with Crippen molar-refractivity contribution in [2.75, 3.05) is 0 Å². The molecule has 0 saturated carbocycles. The standard InChI is InChI=1S/C12H18N6/c1-11(2,9-13-5-6-14-9)17-18-12(3,4)10-15-7-8-16-10/h5-8H,1-4H3,(H,13,14)(H,15,16). The highest BCUT2D eigenvalue weighted by molar-refractivity contribution is 5.04. The first-order valence-electron chi connectivity index (χ1n) is 5.85. The van der Waals surface area contributed by atoms with Crippen molar-refractivity contribution in [2.24, 2.45) is 10.2 Å².